The van der Waals surface area contributed by atoms with E-state index in [2.05, 4.69) is 5.32 Å². The normalized spacial score (nSPS) is 22.6. The van der Waals surface area contributed by atoms with Crippen LogP contribution in [-0.2, 0) is 10.0 Å². The van der Waals surface area contributed by atoms with Gasteiger partial charge in [-0.2, -0.15) is 9.57 Å². The van der Waals surface area contributed by atoms with Crippen molar-refractivity contribution in [3.05, 3.63) is 0 Å². The van der Waals surface area contributed by atoms with E-state index in [0.29, 0.717) is 13.1 Å². The predicted octanol–water partition coefficient (Wildman–Crippen LogP) is 0.692. The van der Waals surface area contributed by atoms with Crippen molar-refractivity contribution in [3.8, 4) is 6.07 Å². The Balaban J connectivity index is 2.74. The van der Waals surface area contributed by atoms with Crippen LogP contribution < -0.4 is 5.32 Å². The maximum atomic E-state index is 12.1. The molecule has 6 heteroatoms. The number of nitriles is 1. The monoisotopic (exact) mass is 259 g/mol. The fourth-order valence-corrected chi connectivity index (χ4v) is 3.43. The van der Waals surface area contributed by atoms with Gasteiger partial charge in [-0.3, -0.25) is 0 Å². The lowest BCUT2D eigenvalue weighted by molar-refractivity contribution is 0.368. The summed E-state index contributed by atoms with van der Waals surface area (Å²) >= 11 is 0. The van der Waals surface area contributed by atoms with E-state index in [-0.39, 0.29) is 6.04 Å². The van der Waals surface area contributed by atoms with Gasteiger partial charge in [0.25, 0.3) is 0 Å². The molecule has 1 aliphatic heterocycles. The van der Waals surface area contributed by atoms with E-state index in [0.717, 1.165) is 25.8 Å². The smallest absolute Gasteiger partial charge is 0.230 e. The molecule has 1 rings (SSSR count). The van der Waals surface area contributed by atoms with Gasteiger partial charge in [-0.1, -0.05) is 6.92 Å². The fraction of sp³-hybridized carbons (Fsp3) is 0.909. The summed E-state index contributed by atoms with van der Waals surface area (Å²) < 4.78 is 25.7. The van der Waals surface area contributed by atoms with Gasteiger partial charge in [0.05, 0.1) is 6.07 Å². The second kappa shape index (κ2) is 6.34. The highest BCUT2D eigenvalue weighted by Gasteiger charge is 2.30. The van der Waals surface area contributed by atoms with E-state index in [1.165, 1.54) is 11.2 Å². The zero-order chi connectivity index (χ0) is 12.9. The number of rotatable bonds is 6. The zero-order valence-corrected chi connectivity index (χ0v) is 11.3. The third-order valence-corrected chi connectivity index (χ3v) is 5.10. The number of nitrogens with zero attached hydrogens (tertiary/aromatic N) is 2. The van der Waals surface area contributed by atoms with E-state index >= 15 is 0 Å². The van der Waals surface area contributed by atoms with Gasteiger partial charge in [0.15, 0.2) is 5.25 Å². The van der Waals surface area contributed by atoms with Crippen LogP contribution in [0.1, 0.15) is 33.1 Å². The van der Waals surface area contributed by atoms with Crippen molar-refractivity contribution >= 4 is 10.0 Å². The molecule has 0 spiro atoms. The molecule has 2 atom stereocenters. The van der Waals surface area contributed by atoms with E-state index in [9.17, 15) is 8.42 Å². The summed E-state index contributed by atoms with van der Waals surface area (Å²) in [5.41, 5.74) is 0. The van der Waals surface area contributed by atoms with Crippen molar-refractivity contribution in [2.24, 2.45) is 0 Å². The third kappa shape index (κ3) is 3.66. The van der Waals surface area contributed by atoms with Crippen molar-refractivity contribution in [1.29, 1.82) is 5.26 Å². The molecule has 1 saturated heterocycles. The average molecular weight is 259 g/mol. The first-order valence-electron chi connectivity index (χ1n) is 6.14. The maximum absolute atomic E-state index is 12.1. The lowest BCUT2D eigenvalue weighted by atomic mass is 10.2. The van der Waals surface area contributed by atoms with Gasteiger partial charge in [-0.05, 0) is 32.7 Å². The predicted molar refractivity (Wildman–Crippen MR) is 66.9 cm³/mol. The first kappa shape index (κ1) is 14.4. The SMILES string of the molecule is CCCN(CC1CCCN1)S(=O)(=O)C(C)C#N. The minimum Gasteiger partial charge on any atom is -0.313 e. The molecule has 0 aromatic heterocycles. The molecule has 98 valence electrons. The van der Waals surface area contributed by atoms with E-state index in [4.69, 9.17) is 5.26 Å². The Labute approximate surface area is 104 Å². The molecule has 2 unspecified atom stereocenters. The van der Waals surface area contributed by atoms with E-state index in [1.807, 2.05) is 13.0 Å². The molecule has 1 fully saturated rings. The van der Waals surface area contributed by atoms with E-state index in [1.54, 1.807) is 0 Å². The molecule has 1 heterocycles. The first-order valence-corrected chi connectivity index (χ1v) is 7.64. The lowest BCUT2D eigenvalue weighted by Crippen LogP contribution is -2.44. The molecule has 0 saturated carbocycles. The number of nitrogens with one attached hydrogen (secondary N) is 1. The summed E-state index contributed by atoms with van der Waals surface area (Å²) in [7, 11) is -3.47. The standard InChI is InChI=1S/C11H21N3O2S/c1-3-7-14(9-11-5-4-6-13-11)17(15,16)10(2)8-12/h10-11,13H,3-7,9H2,1-2H3. The quantitative estimate of drug-likeness (QED) is 0.762. The van der Waals surface area contributed by atoms with Crippen molar-refractivity contribution < 1.29 is 8.42 Å². The lowest BCUT2D eigenvalue weighted by Gasteiger charge is -2.25. The number of hydrogen-bond donors (Lipinski definition) is 1. The Morgan fingerprint density at radius 2 is 2.29 bits per heavy atom. The first-order chi connectivity index (χ1) is 8.02. The average Bonchev–Trinajstić information content (AvgIpc) is 2.80. The largest absolute Gasteiger partial charge is 0.313 e. The molecule has 0 amide bonds. The molecule has 0 bridgehead atoms. The Hall–Kier alpha value is -0.640. The Kier molecular flexibility index (Phi) is 5.37. The fourth-order valence-electron chi connectivity index (χ4n) is 2.02. The van der Waals surface area contributed by atoms with Crippen LogP contribution in [0.25, 0.3) is 0 Å². The molecule has 17 heavy (non-hydrogen) atoms. The summed E-state index contributed by atoms with van der Waals surface area (Å²) in [6.07, 6.45) is 2.87. The molecular formula is C11H21N3O2S. The Morgan fingerprint density at radius 1 is 1.59 bits per heavy atom. The van der Waals surface area contributed by atoms with Crippen molar-refractivity contribution in [3.63, 3.8) is 0 Å². The molecule has 5 nitrogen and oxygen atoms in total. The van der Waals surface area contributed by atoms with Crippen LogP contribution in [0.15, 0.2) is 0 Å². The highest BCUT2D eigenvalue weighted by atomic mass is 32.2. The van der Waals surface area contributed by atoms with Gasteiger partial charge < -0.3 is 5.32 Å². The summed E-state index contributed by atoms with van der Waals surface area (Å²) in [6.45, 7) is 5.33. The Morgan fingerprint density at radius 3 is 2.76 bits per heavy atom. The molecule has 0 aromatic rings. The van der Waals surface area contributed by atoms with Crippen LogP contribution in [0.2, 0.25) is 0 Å². The molecular weight excluding hydrogens is 238 g/mol. The van der Waals surface area contributed by atoms with Gasteiger partial charge in [0.1, 0.15) is 0 Å². The van der Waals surface area contributed by atoms with Gasteiger partial charge in [0, 0.05) is 19.1 Å². The molecule has 0 aromatic carbocycles. The van der Waals surface area contributed by atoms with Crippen molar-refractivity contribution in [2.75, 3.05) is 19.6 Å². The summed E-state index contributed by atoms with van der Waals surface area (Å²) in [6, 6.07) is 2.06. The van der Waals surface area contributed by atoms with Gasteiger partial charge in [0.2, 0.25) is 10.0 Å². The summed E-state index contributed by atoms with van der Waals surface area (Å²) in [5, 5.41) is 11.1. The highest BCUT2D eigenvalue weighted by Crippen LogP contribution is 2.14. The molecule has 1 aliphatic rings. The van der Waals surface area contributed by atoms with Crippen LogP contribution >= 0.6 is 0 Å². The van der Waals surface area contributed by atoms with Crippen molar-refractivity contribution in [1.82, 2.24) is 9.62 Å². The van der Waals surface area contributed by atoms with Gasteiger partial charge >= 0.3 is 0 Å². The minimum absolute atomic E-state index is 0.238. The van der Waals surface area contributed by atoms with Crippen molar-refractivity contribution in [2.45, 2.75) is 44.4 Å². The highest BCUT2D eigenvalue weighted by molar-refractivity contribution is 7.89. The Bertz CT molecular complexity index is 369. The minimum atomic E-state index is -3.47. The number of hydrogen-bond acceptors (Lipinski definition) is 4. The third-order valence-electron chi connectivity index (χ3n) is 3.05. The van der Waals surface area contributed by atoms with Crippen LogP contribution in [0.3, 0.4) is 0 Å². The van der Waals surface area contributed by atoms with E-state index < -0.39 is 15.3 Å². The zero-order valence-electron chi connectivity index (χ0n) is 10.5. The molecule has 1 N–H and O–H groups in total. The van der Waals surface area contributed by atoms with Crippen LogP contribution in [-0.4, -0.2) is 43.6 Å². The van der Waals surface area contributed by atoms with Crippen LogP contribution in [0, 0.1) is 11.3 Å². The van der Waals surface area contributed by atoms with Crippen LogP contribution in [0.4, 0.5) is 0 Å². The second-order valence-corrected chi connectivity index (χ2v) is 6.72. The summed E-state index contributed by atoms with van der Waals surface area (Å²) in [4.78, 5) is 0. The topological polar surface area (TPSA) is 73.2 Å². The van der Waals surface area contributed by atoms with Crippen LogP contribution in [0.5, 0.6) is 0 Å². The summed E-state index contributed by atoms with van der Waals surface area (Å²) in [5.74, 6) is 0. The number of sulfonamides is 1. The maximum Gasteiger partial charge on any atom is 0.230 e. The van der Waals surface area contributed by atoms with Gasteiger partial charge in [-0.25, -0.2) is 8.42 Å². The molecule has 0 radical (unpaired) electrons. The second-order valence-electron chi connectivity index (χ2n) is 4.47. The van der Waals surface area contributed by atoms with Gasteiger partial charge in [-0.15, -0.1) is 0 Å². The molecule has 0 aliphatic carbocycles.